The summed E-state index contributed by atoms with van der Waals surface area (Å²) in [5, 5.41) is 23.5. The molecule has 5 rings (SSSR count). The van der Waals surface area contributed by atoms with Crippen molar-refractivity contribution in [1.29, 1.82) is 0 Å². The van der Waals surface area contributed by atoms with Crippen molar-refractivity contribution < 1.29 is 10.2 Å². The number of benzene rings is 2. The van der Waals surface area contributed by atoms with E-state index in [-0.39, 0.29) is 5.75 Å². The Morgan fingerprint density at radius 2 is 1.71 bits per heavy atom. The van der Waals surface area contributed by atoms with E-state index in [0.29, 0.717) is 17.1 Å². The average Bonchev–Trinajstić information content (AvgIpc) is 3.15. The smallest absolute Gasteiger partial charge is 0.199 e. The lowest BCUT2D eigenvalue weighted by Crippen LogP contribution is -2.20. The fourth-order valence-electron chi connectivity index (χ4n) is 3.66. The third kappa shape index (κ3) is 1.75. The lowest BCUT2D eigenvalue weighted by molar-refractivity contribution is 0.413. The summed E-state index contributed by atoms with van der Waals surface area (Å²) in [6.45, 7) is 0.792. The van der Waals surface area contributed by atoms with Crippen LogP contribution in [0.3, 0.4) is 0 Å². The lowest BCUT2D eigenvalue weighted by Gasteiger charge is -2.19. The molecule has 3 heterocycles. The lowest BCUT2D eigenvalue weighted by atomic mass is 10.00. The number of allylic oxidation sites excluding steroid dienone is 1. The van der Waals surface area contributed by atoms with Crippen LogP contribution in [-0.2, 0) is 6.54 Å². The van der Waals surface area contributed by atoms with Gasteiger partial charge in [0.2, 0.25) is 0 Å². The molecule has 0 spiro atoms. The summed E-state index contributed by atoms with van der Waals surface area (Å²) in [6.07, 6.45) is 1.81. The molecule has 118 valence electrons. The molecule has 2 aliphatic rings. The minimum atomic E-state index is 0.189. The van der Waals surface area contributed by atoms with Crippen LogP contribution < -0.4 is 10.7 Å². The van der Waals surface area contributed by atoms with Crippen LogP contribution in [0.5, 0.6) is 11.6 Å². The number of nitrogens with zero attached hydrogens (tertiary/aromatic N) is 3. The zero-order valence-corrected chi connectivity index (χ0v) is 12.9. The van der Waals surface area contributed by atoms with Crippen molar-refractivity contribution in [2.24, 2.45) is 9.98 Å². The molecule has 5 nitrogen and oxygen atoms in total. The molecule has 5 heteroatoms. The predicted octanol–water partition coefficient (Wildman–Crippen LogP) is 2.47. The highest BCUT2D eigenvalue weighted by atomic mass is 16.3. The Morgan fingerprint density at radius 1 is 0.917 bits per heavy atom. The second-order valence-corrected chi connectivity index (χ2v) is 6.17. The number of aromatic hydroxyl groups is 2. The van der Waals surface area contributed by atoms with Crippen molar-refractivity contribution in [1.82, 2.24) is 4.57 Å². The van der Waals surface area contributed by atoms with E-state index in [2.05, 4.69) is 9.98 Å². The zero-order chi connectivity index (χ0) is 16.3. The van der Waals surface area contributed by atoms with Gasteiger partial charge in [0, 0.05) is 29.0 Å². The summed E-state index contributed by atoms with van der Waals surface area (Å²) >= 11 is 0. The first-order valence-corrected chi connectivity index (χ1v) is 8.02. The van der Waals surface area contributed by atoms with E-state index in [0.717, 1.165) is 46.8 Å². The fraction of sp³-hybridized carbons (Fsp3) is 0.158. The van der Waals surface area contributed by atoms with Crippen molar-refractivity contribution in [2.75, 3.05) is 0 Å². The Kier molecular flexibility index (Phi) is 2.62. The standard InChI is InChI=1S/C19H15N3O2/c23-11-7-8-15-16(10-11)21-18(20-15)14-6-3-9-22-17(14)12-4-1-2-5-13(12)19(22)24/h1-2,4-5,7-8,10,23-24H,3,6,9H2/b18-14-. The van der Waals surface area contributed by atoms with Gasteiger partial charge in [0.05, 0.1) is 16.4 Å². The molecular formula is C19H15N3O2. The van der Waals surface area contributed by atoms with E-state index in [1.807, 2.05) is 28.8 Å². The highest BCUT2D eigenvalue weighted by Gasteiger charge is 2.25. The molecule has 0 unspecified atom stereocenters. The first kappa shape index (κ1) is 13.4. The summed E-state index contributed by atoms with van der Waals surface area (Å²) in [5.41, 5.74) is 2.06. The molecule has 3 aromatic rings. The monoisotopic (exact) mass is 317 g/mol. The molecule has 0 saturated heterocycles. The summed E-state index contributed by atoms with van der Waals surface area (Å²) in [6, 6.07) is 12.9. The molecule has 0 aliphatic carbocycles. The van der Waals surface area contributed by atoms with Crippen molar-refractivity contribution in [2.45, 2.75) is 19.4 Å². The highest BCUT2D eigenvalue weighted by molar-refractivity contribution is 5.98. The van der Waals surface area contributed by atoms with Gasteiger partial charge in [0.1, 0.15) is 5.75 Å². The number of rotatable bonds is 0. The molecule has 1 aromatic heterocycles. The van der Waals surface area contributed by atoms with Crippen molar-refractivity contribution in [3.8, 4) is 11.6 Å². The number of aromatic nitrogens is 1. The van der Waals surface area contributed by atoms with Gasteiger partial charge >= 0.3 is 0 Å². The number of phenols is 1. The molecular weight excluding hydrogens is 302 g/mol. The van der Waals surface area contributed by atoms with Crippen LogP contribution in [0.4, 0.5) is 0 Å². The SMILES string of the molecule is Oc1ccc2c(c1)=N/C(=C1/CCCn3c(O)c4ccccc4c31)N=2. The van der Waals surface area contributed by atoms with Crippen LogP contribution in [0.25, 0.3) is 16.3 Å². The van der Waals surface area contributed by atoms with Gasteiger partial charge in [-0.25, -0.2) is 9.98 Å². The first-order valence-electron chi connectivity index (χ1n) is 8.02. The maximum Gasteiger partial charge on any atom is 0.199 e. The fourth-order valence-corrected chi connectivity index (χ4v) is 3.66. The van der Waals surface area contributed by atoms with E-state index in [4.69, 9.17) is 0 Å². The number of hydrogen-bond donors (Lipinski definition) is 2. The maximum absolute atomic E-state index is 10.6. The van der Waals surface area contributed by atoms with Gasteiger partial charge in [-0.15, -0.1) is 0 Å². The molecule has 0 saturated carbocycles. The summed E-state index contributed by atoms with van der Waals surface area (Å²) in [4.78, 5) is 9.25. The molecule has 0 bridgehead atoms. The number of hydrogen-bond acceptors (Lipinski definition) is 4. The second-order valence-electron chi connectivity index (χ2n) is 6.17. The molecule has 2 N–H and O–H groups in total. The van der Waals surface area contributed by atoms with Gasteiger partial charge in [0.15, 0.2) is 11.7 Å². The van der Waals surface area contributed by atoms with E-state index in [9.17, 15) is 10.2 Å². The van der Waals surface area contributed by atoms with E-state index < -0.39 is 0 Å². The molecule has 2 aliphatic heterocycles. The van der Waals surface area contributed by atoms with E-state index >= 15 is 0 Å². The Morgan fingerprint density at radius 3 is 2.58 bits per heavy atom. The van der Waals surface area contributed by atoms with Crippen LogP contribution in [0.15, 0.2) is 58.3 Å². The third-order valence-electron chi connectivity index (χ3n) is 4.72. The van der Waals surface area contributed by atoms with Crippen LogP contribution in [0.2, 0.25) is 0 Å². The van der Waals surface area contributed by atoms with Crippen LogP contribution in [0.1, 0.15) is 18.5 Å². The van der Waals surface area contributed by atoms with Crippen molar-refractivity contribution in [3.05, 3.63) is 64.7 Å². The topological polar surface area (TPSA) is 70.1 Å². The molecule has 2 aromatic carbocycles. The second kappa shape index (κ2) is 4.71. The number of fused-ring (bicyclic) bond motifs is 4. The van der Waals surface area contributed by atoms with Gasteiger partial charge in [0.25, 0.3) is 0 Å². The van der Waals surface area contributed by atoms with Gasteiger partial charge in [-0.1, -0.05) is 18.2 Å². The van der Waals surface area contributed by atoms with Crippen LogP contribution >= 0.6 is 0 Å². The molecule has 0 fully saturated rings. The van der Waals surface area contributed by atoms with Crippen molar-refractivity contribution in [3.63, 3.8) is 0 Å². The van der Waals surface area contributed by atoms with Gasteiger partial charge in [-0.05, 0) is 31.0 Å². The summed E-state index contributed by atoms with van der Waals surface area (Å²) in [5.74, 6) is 1.18. The van der Waals surface area contributed by atoms with Crippen molar-refractivity contribution >= 4 is 16.3 Å². The van der Waals surface area contributed by atoms with Crippen LogP contribution in [0, 0.1) is 0 Å². The molecule has 0 atom stereocenters. The summed E-state index contributed by atoms with van der Waals surface area (Å²) < 4.78 is 1.96. The highest BCUT2D eigenvalue weighted by Crippen LogP contribution is 2.41. The Balaban J connectivity index is 1.84. The van der Waals surface area contributed by atoms with E-state index in [1.165, 1.54) is 0 Å². The Hall–Kier alpha value is -3.08. The van der Waals surface area contributed by atoms with Gasteiger partial charge < -0.3 is 14.8 Å². The normalized spacial score (nSPS) is 18.8. The first-order chi connectivity index (χ1) is 11.7. The van der Waals surface area contributed by atoms with Gasteiger partial charge in [-0.2, -0.15) is 0 Å². The summed E-state index contributed by atoms with van der Waals surface area (Å²) in [7, 11) is 0. The number of phenolic OH excluding ortho intramolecular Hbond substituents is 1. The van der Waals surface area contributed by atoms with Crippen LogP contribution in [-0.4, -0.2) is 14.8 Å². The predicted molar refractivity (Wildman–Crippen MR) is 90.2 cm³/mol. The molecule has 0 radical (unpaired) electrons. The molecule has 24 heavy (non-hydrogen) atoms. The third-order valence-corrected chi connectivity index (χ3v) is 4.72. The minimum absolute atomic E-state index is 0.189. The zero-order valence-electron chi connectivity index (χ0n) is 12.9. The largest absolute Gasteiger partial charge is 0.508 e. The van der Waals surface area contributed by atoms with E-state index in [1.54, 1.807) is 18.2 Å². The minimum Gasteiger partial charge on any atom is -0.508 e. The average molecular weight is 317 g/mol. The maximum atomic E-state index is 10.6. The Labute approximate surface area is 137 Å². The van der Waals surface area contributed by atoms with Gasteiger partial charge in [-0.3, -0.25) is 0 Å². The Bertz CT molecular complexity index is 1160. The molecule has 0 amide bonds. The quantitative estimate of drug-likeness (QED) is 0.669.